The van der Waals surface area contributed by atoms with Crippen LogP contribution in [0.15, 0.2) is 0 Å². The molecule has 0 N–H and O–H groups in total. The second-order valence-corrected chi connectivity index (χ2v) is 5.12. The van der Waals surface area contributed by atoms with Crippen molar-refractivity contribution in [3.8, 4) is 0 Å². The topological polar surface area (TPSA) is 18.5 Å². The molecule has 0 heterocycles. The molecular weight excluding hydrogens is 279 g/mol. The molecule has 0 aromatic carbocycles. The average molecular weight is 294 g/mol. The monoisotopic (exact) mass is 294 g/mol. The number of hydrogen-bond donors (Lipinski definition) is 0. The first-order chi connectivity index (χ1) is 8.29. The quantitative estimate of drug-likeness (QED) is 0.238. The van der Waals surface area contributed by atoms with Gasteiger partial charge in [0.1, 0.15) is 0 Å². The summed E-state index contributed by atoms with van der Waals surface area (Å²) >= 11 is 0.578. The van der Waals surface area contributed by atoms with Gasteiger partial charge in [0.25, 0.3) is 0 Å². The van der Waals surface area contributed by atoms with Crippen LogP contribution in [-0.2, 0) is 9.22 Å². The summed E-state index contributed by atoms with van der Waals surface area (Å²) in [5, 5.41) is 0. The second kappa shape index (κ2) is 6.91. The Bertz CT molecular complexity index is 237. The van der Waals surface area contributed by atoms with Crippen LogP contribution in [0.2, 0.25) is 0 Å². The third-order valence-corrected chi connectivity index (χ3v) is 3.27. The fourth-order valence-electron chi connectivity index (χ4n) is 1.62. The fraction of sp³-hybridized carbons (Fsp3) is 1.00. The van der Waals surface area contributed by atoms with Crippen LogP contribution in [0, 0.1) is 5.92 Å². The second-order valence-electron chi connectivity index (χ2n) is 4.34. The fourth-order valence-corrected chi connectivity index (χ4v) is 2.12. The Morgan fingerprint density at radius 2 is 1.78 bits per heavy atom. The van der Waals surface area contributed by atoms with Gasteiger partial charge in [0, 0.05) is 30.6 Å². The SMILES string of the molecule is FC(F)(F)CCSOOCC1CCC(F)(F)CC1. The lowest BCUT2D eigenvalue weighted by Crippen LogP contribution is -2.26. The van der Waals surface area contributed by atoms with Crippen LogP contribution < -0.4 is 0 Å². The summed E-state index contributed by atoms with van der Waals surface area (Å²) in [6.45, 7) is 0.148. The van der Waals surface area contributed by atoms with Gasteiger partial charge in [-0.1, -0.05) is 0 Å². The van der Waals surface area contributed by atoms with E-state index in [2.05, 4.69) is 4.33 Å². The zero-order chi connectivity index (χ0) is 13.6. The normalized spacial score (nSPS) is 21.2. The molecule has 1 aliphatic carbocycles. The van der Waals surface area contributed by atoms with Gasteiger partial charge in [-0.2, -0.15) is 17.5 Å². The third-order valence-electron chi connectivity index (χ3n) is 2.71. The molecule has 108 valence electrons. The lowest BCUT2D eigenvalue weighted by atomic mass is 9.87. The van der Waals surface area contributed by atoms with Crippen LogP contribution >= 0.6 is 12.0 Å². The Labute approximate surface area is 106 Å². The summed E-state index contributed by atoms with van der Waals surface area (Å²) in [5.74, 6) is -2.83. The highest BCUT2D eigenvalue weighted by molar-refractivity contribution is 7.94. The highest BCUT2D eigenvalue weighted by atomic mass is 32.2. The van der Waals surface area contributed by atoms with Crippen molar-refractivity contribution >= 4 is 12.0 Å². The van der Waals surface area contributed by atoms with Crippen molar-refractivity contribution in [1.82, 2.24) is 0 Å². The van der Waals surface area contributed by atoms with Crippen LogP contribution in [0.1, 0.15) is 32.1 Å². The van der Waals surface area contributed by atoms with Gasteiger partial charge in [-0.3, -0.25) is 0 Å². The number of rotatable bonds is 6. The maximum atomic E-state index is 12.8. The van der Waals surface area contributed by atoms with Gasteiger partial charge in [-0.05, 0) is 18.8 Å². The van der Waals surface area contributed by atoms with Gasteiger partial charge in [-0.15, -0.1) is 0 Å². The molecule has 0 spiro atoms. The smallest absolute Gasteiger partial charge is 0.224 e. The Kier molecular flexibility index (Phi) is 6.13. The van der Waals surface area contributed by atoms with E-state index in [0.29, 0.717) is 24.9 Å². The Balaban J connectivity index is 1.96. The first-order valence-electron chi connectivity index (χ1n) is 5.64. The molecule has 0 radical (unpaired) electrons. The van der Waals surface area contributed by atoms with Crippen LogP contribution in [0.3, 0.4) is 0 Å². The summed E-state index contributed by atoms with van der Waals surface area (Å²) in [5.41, 5.74) is 0. The lowest BCUT2D eigenvalue weighted by molar-refractivity contribution is -0.207. The molecule has 18 heavy (non-hydrogen) atoms. The van der Waals surface area contributed by atoms with Crippen molar-refractivity contribution in [3.05, 3.63) is 0 Å². The molecule has 0 bridgehead atoms. The maximum Gasteiger partial charge on any atom is 0.389 e. The highest BCUT2D eigenvalue weighted by Gasteiger charge is 2.35. The van der Waals surface area contributed by atoms with E-state index >= 15 is 0 Å². The average Bonchev–Trinajstić information content (AvgIpc) is 2.23. The standard InChI is InChI=1S/C10H15F5O2S/c11-9(12)3-1-8(2-4-9)7-16-17-18-6-5-10(13,14)15/h8H,1-7H2. The molecule has 1 aliphatic rings. The summed E-state index contributed by atoms with van der Waals surface area (Å²) in [6.07, 6.45) is -4.78. The molecule has 1 fully saturated rings. The van der Waals surface area contributed by atoms with Crippen molar-refractivity contribution in [2.45, 2.75) is 44.2 Å². The van der Waals surface area contributed by atoms with Crippen LogP contribution in [0.5, 0.6) is 0 Å². The Morgan fingerprint density at radius 3 is 2.33 bits per heavy atom. The van der Waals surface area contributed by atoms with Crippen LogP contribution in [0.4, 0.5) is 22.0 Å². The summed E-state index contributed by atoms with van der Waals surface area (Å²) in [4.78, 5) is 4.71. The first kappa shape index (κ1) is 16.0. The molecule has 0 atom stereocenters. The van der Waals surface area contributed by atoms with E-state index in [4.69, 9.17) is 4.89 Å². The molecule has 0 aliphatic heterocycles. The predicted molar refractivity (Wildman–Crippen MR) is 57.1 cm³/mol. The molecule has 8 heteroatoms. The largest absolute Gasteiger partial charge is 0.389 e. The Hall–Kier alpha value is -0.0800. The minimum Gasteiger partial charge on any atom is -0.224 e. The van der Waals surface area contributed by atoms with Gasteiger partial charge in [0.15, 0.2) is 0 Å². The molecule has 0 aromatic heterocycles. The molecule has 0 saturated heterocycles. The molecule has 1 saturated carbocycles. The first-order valence-corrected chi connectivity index (χ1v) is 6.55. The Morgan fingerprint density at radius 1 is 1.17 bits per heavy atom. The van der Waals surface area contributed by atoms with E-state index in [-0.39, 0.29) is 31.1 Å². The van der Waals surface area contributed by atoms with Gasteiger partial charge in [0.05, 0.1) is 13.0 Å². The van der Waals surface area contributed by atoms with Crippen molar-refractivity contribution in [1.29, 1.82) is 0 Å². The van der Waals surface area contributed by atoms with Crippen LogP contribution in [-0.4, -0.2) is 24.5 Å². The van der Waals surface area contributed by atoms with E-state index in [1.54, 1.807) is 0 Å². The van der Waals surface area contributed by atoms with Crippen LogP contribution in [0.25, 0.3) is 0 Å². The third kappa shape index (κ3) is 7.38. The number of halogens is 5. The molecule has 0 amide bonds. The molecule has 0 unspecified atom stereocenters. The number of hydrogen-bond acceptors (Lipinski definition) is 3. The summed E-state index contributed by atoms with van der Waals surface area (Å²) in [7, 11) is 0. The summed E-state index contributed by atoms with van der Waals surface area (Å²) in [6, 6.07) is 0. The van der Waals surface area contributed by atoms with Gasteiger partial charge in [0.2, 0.25) is 5.92 Å². The van der Waals surface area contributed by atoms with E-state index in [9.17, 15) is 22.0 Å². The predicted octanol–water partition coefficient (Wildman–Crippen LogP) is 4.36. The zero-order valence-electron chi connectivity index (χ0n) is 9.64. The molecule has 2 nitrogen and oxygen atoms in total. The minimum atomic E-state index is -4.20. The van der Waals surface area contributed by atoms with Gasteiger partial charge >= 0.3 is 6.18 Å². The molecule has 0 aromatic rings. The van der Waals surface area contributed by atoms with E-state index in [1.807, 2.05) is 0 Å². The summed E-state index contributed by atoms with van der Waals surface area (Å²) < 4.78 is 65.3. The molecule has 1 rings (SSSR count). The zero-order valence-corrected chi connectivity index (χ0v) is 10.5. The van der Waals surface area contributed by atoms with Crippen molar-refractivity contribution in [2.24, 2.45) is 5.92 Å². The van der Waals surface area contributed by atoms with E-state index < -0.39 is 18.5 Å². The van der Waals surface area contributed by atoms with Gasteiger partial charge < -0.3 is 0 Å². The van der Waals surface area contributed by atoms with E-state index in [0.717, 1.165) is 0 Å². The van der Waals surface area contributed by atoms with Crippen molar-refractivity contribution in [3.63, 3.8) is 0 Å². The van der Waals surface area contributed by atoms with Crippen molar-refractivity contribution < 1.29 is 31.2 Å². The van der Waals surface area contributed by atoms with Crippen molar-refractivity contribution in [2.75, 3.05) is 12.4 Å². The van der Waals surface area contributed by atoms with E-state index in [1.165, 1.54) is 0 Å². The minimum absolute atomic E-state index is 0.00663. The number of alkyl halides is 5. The highest BCUT2D eigenvalue weighted by Crippen LogP contribution is 2.36. The molecular formula is C10H15F5O2S. The van der Waals surface area contributed by atoms with Gasteiger partial charge in [-0.25, -0.2) is 13.7 Å². The maximum absolute atomic E-state index is 12.8. The lowest BCUT2D eigenvalue weighted by Gasteiger charge is -2.27.